The number of anilines is 1. The Hall–Kier alpha value is -1.88. The molecule has 5 nitrogen and oxygen atoms in total. The fourth-order valence-electron chi connectivity index (χ4n) is 1.62. The molecule has 0 aliphatic rings. The second kappa shape index (κ2) is 5.84. The van der Waals surface area contributed by atoms with Crippen LogP contribution in [-0.2, 0) is 11.8 Å². The maximum Gasteiger partial charge on any atom is 0.228 e. The van der Waals surface area contributed by atoms with Crippen molar-refractivity contribution in [3.63, 3.8) is 0 Å². The molecule has 19 heavy (non-hydrogen) atoms. The van der Waals surface area contributed by atoms with Crippen LogP contribution < -0.4 is 5.32 Å². The van der Waals surface area contributed by atoms with Gasteiger partial charge in [-0.15, -0.1) is 21.8 Å². The van der Waals surface area contributed by atoms with Crippen molar-refractivity contribution in [3.05, 3.63) is 30.6 Å². The summed E-state index contributed by atoms with van der Waals surface area (Å²) in [5.41, 5.74) is 1.62. The van der Waals surface area contributed by atoms with Gasteiger partial charge in [0.15, 0.2) is 5.82 Å². The standard InChI is InChI=1S/C13H15ClN4O/c1-9(7-14)13(19)16-11-5-3-4-10(6-11)12-17-15-8-18(12)2/h3-6,8-9H,7H2,1-2H3,(H,16,19). The number of aromatic nitrogens is 3. The van der Waals surface area contributed by atoms with E-state index in [0.717, 1.165) is 17.1 Å². The van der Waals surface area contributed by atoms with Crippen LogP contribution in [0.1, 0.15) is 6.92 Å². The first kappa shape index (κ1) is 13.5. The van der Waals surface area contributed by atoms with Crippen molar-refractivity contribution in [2.75, 3.05) is 11.2 Å². The van der Waals surface area contributed by atoms with Crippen LogP contribution in [0.3, 0.4) is 0 Å². The number of halogens is 1. The molecule has 1 aromatic carbocycles. The van der Waals surface area contributed by atoms with E-state index in [0.29, 0.717) is 5.88 Å². The van der Waals surface area contributed by atoms with Gasteiger partial charge in [-0.3, -0.25) is 4.79 Å². The molecule has 0 bridgehead atoms. The highest BCUT2D eigenvalue weighted by Gasteiger charge is 2.12. The van der Waals surface area contributed by atoms with E-state index in [2.05, 4.69) is 15.5 Å². The van der Waals surface area contributed by atoms with Crippen LogP contribution >= 0.6 is 11.6 Å². The number of rotatable bonds is 4. The SMILES string of the molecule is CC(CCl)C(=O)Nc1cccc(-c2nncn2C)c1. The number of hydrogen-bond acceptors (Lipinski definition) is 3. The number of carbonyl (C=O) groups excluding carboxylic acids is 1. The highest BCUT2D eigenvalue weighted by Crippen LogP contribution is 2.20. The van der Waals surface area contributed by atoms with Gasteiger partial charge in [-0.25, -0.2) is 0 Å². The first-order valence-corrected chi connectivity index (χ1v) is 6.46. The second-order valence-corrected chi connectivity index (χ2v) is 4.70. The van der Waals surface area contributed by atoms with Crippen molar-refractivity contribution in [3.8, 4) is 11.4 Å². The lowest BCUT2D eigenvalue weighted by Crippen LogP contribution is -2.21. The van der Waals surface area contributed by atoms with E-state index in [-0.39, 0.29) is 11.8 Å². The molecule has 2 aromatic rings. The molecule has 1 aromatic heterocycles. The molecule has 0 saturated heterocycles. The lowest BCUT2D eigenvalue weighted by molar-refractivity contribution is -0.118. The van der Waals surface area contributed by atoms with Crippen molar-refractivity contribution >= 4 is 23.2 Å². The molecule has 0 saturated carbocycles. The maximum absolute atomic E-state index is 11.8. The molecule has 100 valence electrons. The van der Waals surface area contributed by atoms with Gasteiger partial charge in [-0.1, -0.05) is 19.1 Å². The normalized spacial score (nSPS) is 12.2. The van der Waals surface area contributed by atoms with Crippen LogP contribution in [-0.4, -0.2) is 26.6 Å². The molecular formula is C13H15ClN4O. The predicted molar refractivity (Wildman–Crippen MR) is 75.0 cm³/mol. The third-order valence-electron chi connectivity index (χ3n) is 2.78. The molecule has 1 N–H and O–H groups in total. The fourth-order valence-corrected chi connectivity index (χ4v) is 1.76. The third-order valence-corrected chi connectivity index (χ3v) is 3.24. The minimum atomic E-state index is -0.222. The van der Waals surface area contributed by atoms with Crippen LogP contribution in [0, 0.1) is 5.92 Å². The van der Waals surface area contributed by atoms with Gasteiger partial charge < -0.3 is 9.88 Å². The predicted octanol–water partition coefficient (Wildman–Crippen LogP) is 2.30. The lowest BCUT2D eigenvalue weighted by Gasteiger charge is -2.10. The maximum atomic E-state index is 11.8. The zero-order valence-corrected chi connectivity index (χ0v) is 11.6. The van der Waals surface area contributed by atoms with Crippen molar-refractivity contribution in [2.45, 2.75) is 6.92 Å². The number of hydrogen-bond donors (Lipinski definition) is 1. The van der Waals surface area contributed by atoms with Gasteiger partial charge in [0.2, 0.25) is 5.91 Å². The van der Waals surface area contributed by atoms with E-state index in [9.17, 15) is 4.79 Å². The third kappa shape index (κ3) is 3.12. The van der Waals surface area contributed by atoms with E-state index in [4.69, 9.17) is 11.6 Å². The van der Waals surface area contributed by atoms with Crippen LogP contribution in [0.2, 0.25) is 0 Å². The molecule has 6 heteroatoms. The molecule has 0 aliphatic heterocycles. The monoisotopic (exact) mass is 278 g/mol. The van der Waals surface area contributed by atoms with Crippen LogP contribution in [0.15, 0.2) is 30.6 Å². The van der Waals surface area contributed by atoms with E-state index in [1.807, 2.05) is 35.9 Å². The van der Waals surface area contributed by atoms with E-state index >= 15 is 0 Å². The summed E-state index contributed by atoms with van der Waals surface area (Å²) in [5.74, 6) is 0.737. The number of amides is 1. The Kier molecular flexibility index (Phi) is 4.16. The highest BCUT2D eigenvalue weighted by molar-refractivity contribution is 6.19. The summed E-state index contributed by atoms with van der Waals surface area (Å²) in [6.07, 6.45) is 1.64. The van der Waals surface area contributed by atoms with Crippen molar-refractivity contribution in [1.29, 1.82) is 0 Å². The molecular weight excluding hydrogens is 264 g/mol. The summed E-state index contributed by atoms with van der Waals surface area (Å²) in [5, 5.41) is 10.7. The number of carbonyl (C=O) groups is 1. The Morgan fingerprint density at radius 2 is 2.32 bits per heavy atom. The Balaban J connectivity index is 2.21. The van der Waals surface area contributed by atoms with Gasteiger partial charge in [0, 0.05) is 30.1 Å². The van der Waals surface area contributed by atoms with E-state index in [1.165, 1.54) is 0 Å². The van der Waals surface area contributed by atoms with E-state index in [1.54, 1.807) is 13.3 Å². The average molecular weight is 279 g/mol. The van der Waals surface area contributed by atoms with Crippen LogP contribution in [0.5, 0.6) is 0 Å². The van der Waals surface area contributed by atoms with Crippen LogP contribution in [0.25, 0.3) is 11.4 Å². The van der Waals surface area contributed by atoms with Crippen molar-refractivity contribution < 1.29 is 4.79 Å². The van der Waals surface area contributed by atoms with E-state index < -0.39 is 0 Å². The van der Waals surface area contributed by atoms with Gasteiger partial charge in [0.25, 0.3) is 0 Å². The number of nitrogens with one attached hydrogen (secondary N) is 1. The summed E-state index contributed by atoms with van der Waals surface area (Å²) >= 11 is 5.66. The quantitative estimate of drug-likeness (QED) is 0.873. The smallest absolute Gasteiger partial charge is 0.228 e. The van der Waals surface area contributed by atoms with Crippen molar-refractivity contribution in [2.24, 2.45) is 13.0 Å². The average Bonchev–Trinajstić information content (AvgIpc) is 2.84. The van der Waals surface area contributed by atoms with Crippen LogP contribution in [0.4, 0.5) is 5.69 Å². The molecule has 1 amide bonds. The number of nitrogens with zero attached hydrogens (tertiary/aromatic N) is 3. The van der Waals surface area contributed by atoms with Crippen molar-refractivity contribution in [1.82, 2.24) is 14.8 Å². The number of alkyl halides is 1. The Morgan fingerprint density at radius 1 is 1.53 bits per heavy atom. The number of aryl methyl sites for hydroxylation is 1. The van der Waals surface area contributed by atoms with Gasteiger partial charge >= 0.3 is 0 Å². The Bertz CT molecular complexity index is 582. The molecule has 1 heterocycles. The zero-order valence-electron chi connectivity index (χ0n) is 10.8. The summed E-state index contributed by atoms with van der Waals surface area (Å²) in [6, 6.07) is 7.48. The minimum absolute atomic E-state index is 0.0925. The molecule has 2 rings (SSSR count). The van der Waals surface area contributed by atoms with Gasteiger partial charge in [-0.2, -0.15) is 0 Å². The second-order valence-electron chi connectivity index (χ2n) is 4.39. The first-order chi connectivity index (χ1) is 9.11. The zero-order chi connectivity index (χ0) is 13.8. The summed E-state index contributed by atoms with van der Waals surface area (Å²) in [4.78, 5) is 11.8. The fraction of sp³-hybridized carbons (Fsp3) is 0.308. The summed E-state index contributed by atoms with van der Waals surface area (Å²) in [6.45, 7) is 1.79. The first-order valence-electron chi connectivity index (χ1n) is 5.93. The minimum Gasteiger partial charge on any atom is -0.326 e. The van der Waals surface area contributed by atoms with Gasteiger partial charge in [0.1, 0.15) is 6.33 Å². The molecule has 0 radical (unpaired) electrons. The summed E-state index contributed by atoms with van der Waals surface area (Å²) in [7, 11) is 1.87. The van der Waals surface area contributed by atoms with Gasteiger partial charge in [-0.05, 0) is 12.1 Å². The Morgan fingerprint density at radius 3 is 2.95 bits per heavy atom. The lowest BCUT2D eigenvalue weighted by atomic mass is 10.1. The largest absolute Gasteiger partial charge is 0.326 e. The topological polar surface area (TPSA) is 59.8 Å². The van der Waals surface area contributed by atoms with Gasteiger partial charge in [0.05, 0.1) is 0 Å². The molecule has 1 unspecified atom stereocenters. The molecule has 0 spiro atoms. The Labute approximate surface area is 116 Å². The summed E-state index contributed by atoms with van der Waals surface area (Å²) < 4.78 is 1.82. The number of benzene rings is 1. The highest BCUT2D eigenvalue weighted by atomic mass is 35.5. The molecule has 0 aliphatic carbocycles. The molecule has 1 atom stereocenters. The molecule has 0 fully saturated rings.